The maximum Gasteiger partial charge on any atom is 0.338 e. The molecule has 3 heteroatoms. The molecule has 10 atom stereocenters. The van der Waals surface area contributed by atoms with Gasteiger partial charge in [-0.05, 0) is 149 Å². The van der Waals surface area contributed by atoms with E-state index >= 15 is 0 Å². The van der Waals surface area contributed by atoms with Gasteiger partial charge in [0.2, 0.25) is 0 Å². The van der Waals surface area contributed by atoms with Crippen LogP contribution in [0, 0.1) is 46.3 Å². The largest absolute Gasteiger partial charge is 0.452 e. The van der Waals surface area contributed by atoms with Crippen molar-refractivity contribution in [3.63, 3.8) is 0 Å². The Kier molecular flexibility index (Phi) is 7.42. The van der Waals surface area contributed by atoms with Gasteiger partial charge in [-0.25, -0.2) is 4.79 Å². The first-order chi connectivity index (χ1) is 17.9. The molecular weight excluding hydrogens is 468 g/mol. The van der Waals surface area contributed by atoms with E-state index in [1.54, 1.807) is 0 Å². The van der Waals surface area contributed by atoms with Crippen LogP contribution in [0.5, 0.6) is 0 Å². The number of esters is 1. The highest BCUT2D eigenvalue weighted by atomic mass is 16.6. The molecule has 1 N–H and O–H groups in total. The van der Waals surface area contributed by atoms with Gasteiger partial charge in [-0.2, -0.15) is 0 Å². The van der Waals surface area contributed by atoms with E-state index in [1.807, 2.05) is 43.3 Å². The first-order valence-electron chi connectivity index (χ1n) is 15.6. The zero-order valence-corrected chi connectivity index (χ0v) is 24.7. The smallest absolute Gasteiger partial charge is 0.338 e. The van der Waals surface area contributed by atoms with E-state index in [0.717, 1.165) is 49.4 Å². The van der Waals surface area contributed by atoms with E-state index in [2.05, 4.69) is 34.3 Å². The minimum Gasteiger partial charge on any atom is -0.452 e. The van der Waals surface area contributed by atoms with E-state index in [1.165, 1.54) is 44.9 Å². The molecule has 0 aromatic heterocycles. The van der Waals surface area contributed by atoms with E-state index in [-0.39, 0.29) is 5.97 Å². The van der Waals surface area contributed by atoms with Crippen molar-refractivity contribution >= 4 is 5.97 Å². The summed E-state index contributed by atoms with van der Waals surface area (Å²) < 4.78 is 5.99. The fourth-order valence-electron chi connectivity index (χ4n) is 10.2. The van der Waals surface area contributed by atoms with Gasteiger partial charge < -0.3 is 9.84 Å². The fourth-order valence-corrected chi connectivity index (χ4v) is 10.2. The lowest BCUT2D eigenvalue weighted by Gasteiger charge is -2.62. The number of hydrogen-bond donors (Lipinski definition) is 1. The van der Waals surface area contributed by atoms with Crippen molar-refractivity contribution in [2.24, 2.45) is 46.3 Å². The molecule has 1 aromatic carbocycles. The Morgan fingerprint density at radius 3 is 2.47 bits per heavy atom. The molecular formula is C35H52O3. The molecule has 3 nitrogen and oxygen atoms in total. The van der Waals surface area contributed by atoms with Crippen LogP contribution >= 0.6 is 0 Å². The van der Waals surface area contributed by atoms with Crippen molar-refractivity contribution in [3.8, 4) is 0 Å². The number of hydrogen-bond acceptors (Lipinski definition) is 3. The number of fused-ring (bicyclic) bond motifs is 5. The van der Waals surface area contributed by atoms with Gasteiger partial charge in [0.05, 0.1) is 11.2 Å². The van der Waals surface area contributed by atoms with Crippen molar-refractivity contribution in [3.05, 3.63) is 48.6 Å². The van der Waals surface area contributed by atoms with Crippen LogP contribution in [0.15, 0.2) is 43.0 Å². The number of benzene rings is 1. The normalized spacial score (nSPS) is 42.6. The Morgan fingerprint density at radius 2 is 1.76 bits per heavy atom. The minimum absolute atomic E-state index is 0.264. The third-order valence-corrected chi connectivity index (χ3v) is 12.6. The summed E-state index contributed by atoms with van der Waals surface area (Å²) in [5.41, 5.74) is 0.345. The van der Waals surface area contributed by atoms with E-state index < -0.39 is 11.2 Å². The van der Waals surface area contributed by atoms with Crippen LogP contribution in [0.3, 0.4) is 0 Å². The SMILES string of the molecule is C=C[C@](C)(CC[C@@H](C)[C@H]1CC[C@H]2[C@@H]3CC[C@H]4C[C@@](C)(O)CC[C@]4(C)[C@H]3CC[C@]12C)OC(=O)c1ccccc1. The van der Waals surface area contributed by atoms with Gasteiger partial charge in [0.1, 0.15) is 5.60 Å². The zero-order chi connectivity index (χ0) is 27.3. The van der Waals surface area contributed by atoms with Crippen molar-refractivity contribution in [1.29, 1.82) is 0 Å². The summed E-state index contributed by atoms with van der Waals surface area (Å²) in [5.74, 6) is 4.32. The maximum absolute atomic E-state index is 12.8. The summed E-state index contributed by atoms with van der Waals surface area (Å²) in [6.45, 7) is 15.8. The average Bonchev–Trinajstić information content (AvgIpc) is 3.25. The third-order valence-electron chi connectivity index (χ3n) is 12.6. The molecule has 4 fully saturated rings. The van der Waals surface area contributed by atoms with Crippen molar-refractivity contribution < 1.29 is 14.6 Å². The molecule has 0 unspecified atom stereocenters. The summed E-state index contributed by atoms with van der Waals surface area (Å²) in [6.07, 6.45) is 15.0. The molecule has 0 heterocycles. The molecule has 4 saturated carbocycles. The molecule has 0 radical (unpaired) electrons. The first-order valence-corrected chi connectivity index (χ1v) is 15.6. The lowest BCUT2D eigenvalue weighted by Crippen LogP contribution is -2.55. The molecule has 1 aromatic rings. The molecule has 0 saturated heterocycles. The predicted octanol–water partition coefficient (Wildman–Crippen LogP) is 8.61. The van der Waals surface area contributed by atoms with E-state index in [0.29, 0.717) is 28.2 Å². The molecule has 4 aliphatic carbocycles. The van der Waals surface area contributed by atoms with Crippen LogP contribution < -0.4 is 0 Å². The van der Waals surface area contributed by atoms with Gasteiger partial charge in [-0.1, -0.05) is 45.5 Å². The van der Waals surface area contributed by atoms with Gasteiger partial charge in [-0.3, -0.25) is 0 Å². The highest BCUT2D eigenvalue weighted by Gasteiger charge is 2.61. The van der Waals surface area contributed by atoms with Crippen LogP contribution in [-0.2, 0) is 4.74 Å². The van der Waals surface area contributed by atoms with Crippen molar-refractivity contribution in [2.45, 2.75) is 116 Å². The maximum atomic E-state index is 12.8. The van der Waals surface area contributed by atoms with Gasteiger partial charge >= 0.3 is 5.97 Å². The van der Waals surface area contributed by atoms with Crippen LogP contribution in [0.25, 0.3) is 0 Å². The quantitative estimate of drug-likeness (QED) is 0.289. The summed E-state index contributed by atoms with van der Waals surface area (Å²) in [7, 11) is 0. The van der Waals surface area contributed by atoms with Gasteiger partial charge in [0, 0.05) is 0 Å². The Labute approximate surface area is 231 Å². The number of carbonyl (C=O) groups excluding carboxylic acids is 1. The number of rotatable bonds is 7. The summed E-state index contributed by atoms with van der Waals surface area (Å²) in [6, 6.07) is 9.29. The first kappa shape index (κ1) is 27.9. The van der Waals surface area contributed by atoms with Gasteiger partial charge in [0.15, 0.2) is 0 Å². The molecule has 0 amide bonds. The molecule has 0 spiro atoms. The number of carbonyl (C=O) groups is 1. The Morgan fingerprint density at radius 1 is 1.05 bits per heavy atom. The number of aliphatic hydroxyl groups is 1. The predicted molar refractivity (Wildman–Crippen MR) is 155 cm³/mol. The lowest BCUT2D eigenvalue weighted by molar-refractivity contribution is -0.148. The summed E-state index contributed by atoms with van der Waals surface area (Å²) >= 11 is 0. The monoisotopic (exact) mass is 520 g/mol. The van der Waals surface area contributed by atoms with Crippen LogP contribution in [0.1, 0.15) is 116 Å². The third kappa shape index (κ3) is 4.91. The van der Waals surface area contributed by atoms with Crippen LogP contribution in [-0.4, -0.2) is 22.3 Å². The lowest BCUT2D eigenvalue weighted by atomic mass is 9.43. The molecule has 38 heavy (non-hydrogen) atoms. The molecule has 5 rings (SSSR count). The highest BCUT2D eigenvalue weighted by molar-refractivity contribution is 5.89. The molecule has 210 valence electrons. The van der Waals surface area contributed by atoms with Gasteiger partial charge in [-0.15, -0.1) is 0 Å². The average molecular weight is 521 g/mol. The van der Waals surface area contributed by atoms with Crippen LogP contribution in [0.4, 0.5) is 0 Å². The Bertz CT molecular complexity index is 1020. The van der Waals surface area contributed by atoms with E-state index in [4.69, 9.17) is 4.74 Å². The summed E-state index contributed by atoms with van der Waals surface area (Å²) in [5, 5.41) is 10.8. The second kappa shape index (κ2) is 10.1. The zero-order valence-electron chi connectivity index (χ0n) is 24.7. The Balaban J connectivity index is 1.23. The minimum atomic E-state index is -0.646. The van der Waals surface area contributed by atoms with Gasteiger partial charge in [0.25, 0.3) is 0 Å². The van der Waals surface area contributed by atoms with Crippen molar-refractivity contribution in [1.82, 2.24) is 0 Å². The molecule has 0 bridgehead atoms. The van der Waals surface area contributed by atoms with Crippen molar-refractivity contribution in [2.75, 3.05) is 0 Å². The highest BCUT2D eigenvalue weighted by Crippen LogP contribution is 2.69. The topological polar surface area (TPSA) is 46.5 Å². The Hall–Kier alpha value is -1.61. The fraction of sp³-hybridized carbons (Fsp3) is 0.743. The second-order valence-corrected chi connectivity index (χ2v) is 14.9. The number of ether oxygens (including phenoxy) is 1. The summed E-state index contributed by atoms with van der Waals surface area (Å²) in [4.78, 5) is 12.8. The standard InChI is InChI=1S/C35H52O3/c1-7-33(4,38-31(36)25-11-9-8-10-12-25)19-17-24(2)28-15-16-29-27-14-13-26-23-32(3,37)21-22-34(26,5)30(27)18-20-35(28,29)6/h7-12,24,26-30,37H,1,13-23H2,2-6H3/t24-,26+,27+,28-,29+,30+,32+,33-,34+,35-/m1/s1. The molecule has 0 aliphatic heterocycles. The van der Waals surface area contributed by atoms with E-state index in [9.17, 15) is 9.90 Å². The second-order valence-electron chi connectivity index (χ2n) is 14.9. The molecule has 4 aliphatic rings. The van der Waals surface area contributed by atoms with Crippen LogP contribution in [0.2, 0.25) is 0 Å².